The van der Waals surface area contributed by atoms with Gasteiger partial charge in [0, 0.05) is 6.54 Å². The van der Waals surface area contributed by atoms with Crippen LogP contribution in [-0.2, 0) is 9.59 Å². The second kappa shape index (κ2) is 6.58. The fraction of sp³-hybridized carbons (Fsp3) is 0.529. The maximum Gasteiger partial charge on any atom is 0.249 e. The third-order valence-corrected chi connectivity index (χ3v) is 4.11. The molecule has 0 aromatic heterocycles. The quantitative estimate of drug-likeness (QED) is 0.876. The third-order valence-electron chi connectivity index (χ3n) is 4.11. The number of nitrogens with one attached hydrogen (secondary N) is 1. The minimum atomic E-state index is -0.657. The number of benzene rings is 1. The zero-order valence-corrected chi connectivity index (χ0v) is 14.1. The van der Waals surface area contributed by atoms with Crippen molar-refractivity contribution in [2.75, 3.05) is 18.6 Å². The molecule has 126 valence electrons. The lowest BCUT2D eigenvalue weighted by atomic mass is 9.87. The van der Waals surface area contributed by atoms with E-state index in [-0.39, 0.29) is 17.2 Å². The molecule has 1 aromatic carbocycles. The molecule has 0 bridgehead atoms. The second-order valence-corrected chi connectivity index (χ2v) is 6.86. The van der Waals surface area contributed by atoms with Crippen LogP contribution in [0.3, 0.4) is 0 Å². The number of carbonyl (C=O) groups excluding carboxylic acids is 2. The van der Waals surface area contributed by atoms with Crippen LogP contribution in [0.2, 0.25) is 0 Å². The van der Waals surface area contributed by atoms with Crippen molar-refractivity contribution in [3.8, 4) is 5.75 Å². The van der Waals surface area contributed by atoms with Crippen LogP contribution in [0.25, 0.3) is 0 Å². The smallest absolute Gasteiger partial charge is 0.249 e. The third kappa shape index (κ3) is 3.64. The molecule has 1 unspecified atom stereocenters. The summed E-state index contributed by atoms with van der Waals surface area (Å²) in [6.45, 7) is 6.23. The molecule has 2 atom stereocenters. The summed E-state index contributed by atoms with van der Waals surface area (Å²) in [6.07, 6.45) is 0.555. The molecule has 2 rings (SSSR count). The van der Waals surface area contributed by atoms with Crippen molar-refractivity contribution in [1.29, 1.82) is 0 Å². The van der Waals surface area contributed by atoms with E-state index < -0.39 is 12.1 Å². The minimum Gasteiger partial charge on any atom is -0.495 e. The van der Waals surface area contributed by atoms with E-state index in [4.69, 9.17) is 10.5 Å². The van der Waals surface area contributed by atoms with Gasteiger partial charge in [0.05, 0.1) is 18.8 Å². The summed E-state index contributed by atoms with van der Waals surface area (Å²) in [7, 11) is 1.57. The Morgan fingerprint density at radius 1 is 1.39 bits per heavy atom. The monoisotopic (exact) mass is 319 g/mol. The maximum absolute atomic E-state index is 12.6. The van der Waals surface area contributed by atoms with Crippen molar-refractivity contribution in [3.05, 3.63) is 24.3 Å². The highest BCUT2D eigenvalue weighted by molar-refractivity contribution is 6.02. The molecule has 0 aliphatic carbocycles. The lowest BCUT2D eigenvalue weighted by molar-refractivity contribution is -0.128. The second-order valence-electron chi connectivity index (χ2n) is 6.86. The molecule has 0 saturated carbocycles. The summed E-state index contributed by atoms with van der Waals surface area (Å²) in [5, 5.41) is 2.78. The maximum atomic E-state index is 12.6. The number of nitrogens with zero attached hydrogens (tertiary/aromatic N) is 1. The van der Waals surface area contributed by atoms with E-state index in [0.29, 0.717) is 18.7 Å². The van der Waals surface area contributed by atoms with Gasteiger partial charge in [-0.3, -0.25) is 9.59 Å². The van der Waals surface area contributed by atoms with E-state index in [1.165, 1.54) is 0 Å². The highest BCUT2D eigenvalue weighted by atomic mass is 16.5. The molecular formula is C17H25N3O3. The zero-order valence-electron chi connectivity index (χ0n) is 14.1. The number of para-hydroxylation sites is 2. The highest BCUT2D eigenvalue weighted by Crippen LogP contribution is 2.31. The van der Waals surface area contributed by atoms with E-state index in [0.717, 1.165) is 5.69 Å². The van der Waals surface area contributed by atoms with E-state index in [2.05, 4.69) is 5.32 Å². The Bertz CT molecular complexity index is 595. The molecule has 6 heteroatoms. The Balaban J connectivity index is 2.09. The van der Waals surface area contributed by atoms with E-state index in [1.54, 1.807) is 12.0 Å². The molecule has 1 fully saturated rings. The zero-order chi connectivity index (χ0) is 17.2. The first-order valence-corrected chi connectivity index (χ1v) is 7.76. The van der Waals surface area contributed by atoms with Crippen LogP contribution < -0.4 is 20.7 Å². The number of ether oxygens (including phenoxy) is 1. The Labute approximate surface area is 137 Å². The number of amides is 2. The number of hydrogen-bond donors (Lipinski definition) is 2. The van der Waals surface area contributed by atoms with Gasteiger partial charge in [-0.1, -0.05) is 32.9 Å². The fourth-order valence-corrected chi connectivity index (χ4v) is 2.56. The van der Waals surface area contributed by atoms with Crippen LogP contribution in [-0.4, -0.2) is 37.6 Å². The van der Waals surface area contributed by atoms with Gasteiger partial charge >= 0.3 is 0 Å². The largest absolute Gasteiger partial charge is 0.495 e. The standard InChI is InChI=1S/C17H25N3O3/c1-17(2,3)14(18)15(21)19-11-9-10-20(16(11)22)12-7-5-6-8-13(12)23-4/h5-8,11,14H,9-10,18H2,1-4H3,(H,19,21)/t11?,14-/m1/s1. The van der Waals surface area contributed by atoms with Crippen LogP contribution in [0.5, 0.6) is 5.75 Å². The van der Waals surface area contributed by atoms with Crippen LogP contribution in [0.1, 0.15) is 27.2 Å². The predicted molar refractivity (Wildman–Crippen MR) is 89.3 cm³/mol. The van der Waals surface area contributed by atoms with Gasteiger partial charge in [-0.2, -0.15) is 0 Å². The molecule has 1 aliphatic heterocycles. The van der Waals surface area contributed by atoms with Crippen LogP contribution >= 0.6 is 0 Å². The lowest BCUT2D eigenvalue weighted by Gasteiger charge is -2.27. The summed E-state index contributed by atoms with van der Waals surface area (Å²) in [4.78, 5) is 26.5. The molecule has 1 aliphatic rings. The fourth-order valence-electron chi connectivity index (χ4n) is 2.56. The van der Waals surface area contributed by atoms with Crippen molar-refractivity contribution in [2.45, 2.75) is 39.3 Å². The highest BCUT2D eigenvalue weighted by Gasteiger charge is 2.37. The number of nitrogens with two attached hydrogens (primary N) is 1. The number of anilines is 1. The van der Waals surface area contributed by atoms with Gasteiger partial charge in [-0.05, 0) is 24.0 Å². The summed E-state index contributed by atoms with van der Waals surface area (Å²) in [6, 6.07) is 6.15. The number of methoxy groups -OCH3 is 1. The Morgan fingerprint density at radius 2 is 2.04 bits per heavy atom. The Morgan fingerprint density at radius 3 is 2.65 bits per heavy atom. The lowest BCUT2D eigenvalue weighted by Crippen LogP contribution is -2.53. The van der Waals surface area contributed by atoms with Crippen molar-refractivity contribution < 1.29 is 14.3 Å². The molecular weight excluding hydrogens is 294 g/mol. The molecule has 0 radical (unpaired) electrons. The van der Waals surface area contributed by atoms with Crippen molar-refractivity contribution >= 4 is 17.5 Å². The first-order chi connectivity index (χ1) is 10.8. The van der Waals surface area contributed by atoms with Gasteiger partial charge in [0.1, 0.15) is 11.8 Å². The molecule has 1 aromatic rings. The van der Waals surface area contributed by atoms with E-state index >= 15 is 0 Å². The van der Waals surface area contributed by atoms with E-state index in [1.807, 2.05) is 45.0 Å². The van der Waals surface area contributed by atoms with E-state index in [9.17, 15) is 9.59 Å². The van der Waals surface area contributed by atoms with Crippen LogP contribution in [0.15, 0.2) is 24.3 Å². The topological polar surface area (TPSA) is 84.7 Å². The van der Waals surface area contributed by atoms with Crippen LogP contribution in [0, 0.1) is 5.41 Å². The molecule has 0 spiro atoms. The van der Waals surface area contributed by atoms with Gasteiger partial charge in [-0.25, -0.2) is 0 Å². The first-order valence-electron chi connectivity index (χ1n) is 7.76. The van der Waals surface area contributed by atoms with Crippen molar-refractivity contribution in [1.82, 2.24) is 5.32 Å². The first kappa shape index (κ1) is 17.3. The van der Waals surface area contributed by atoms with Gasteiger partial charge in [0.15, 0.2) is 0 Å². The molecule has 3 N–H and O–H groups in total. The normalized spacial score (nSPS) is 19.6. The SMILES string of the molecule is COc1ccccc1N1CCC(NC(=O)[C@@H](N)C(C)(C)C)C1=O. The Kier molecular flexibility index (Phi) is 4.94. The average Bonchev–Trinajstić information content (AvgIpc) is 2.86. The number of rotatable bonds is 4. The number of carbonyl (C=O) groups is 2. The average molecular weight is 319 g/mol. The van der Waals surface area contributed by atoms with Gasteiger partial charge in [0.2, 0.25) is 11.8 Å². The summed E-state index contributed by atoms with van der Waals surface area (Å²) < 4.78 is 5.30. The molecule has 6 nitrogen and oxygen atoms in total. The summed E-state index contributed by atoms with van der Waals surface area (Å²) in [5.74, 6) is 0.209. The van der Waals surface area contributed by atoms with Crippen LogP contribution in [0.4, 0.5) is 5.69 Å². The molecule has 23 heavy (non-hydrogen) atoms. The van der Waals surface area contributed by atoms with Gasteiger partial charge in [0.25, 0.3) is 0 Å². The van der Waals surface area contributed by atoms with Crippen molar-refractivity contribution in [3.63, 3.8) is 0 Å². The molecule has 1 saturated heterocycles. The predicted octanol–water partition coefficient (Wildman–Crippen LogP) is 1.29. The number of hydrogen-bond acceptors (Lipinski definition) is 4. The van der Waals surface area contributed by atoms with Gasteiger partial charge in [-0.15, -0.1) is 0 Å². The molecule has 1 heterocycles. The minimum absolute atomic E-state index is 0.135. The molecule has 2 amide bonds. The Hall–Kier alpha value is -2.08. The van der Waals surface area contributed by atoms with Crippen molar-refractivity contribution in [2.24, 2.45) is 11.1 Å². The summed E-state index contributed by atoms with van der Waals surface area (Å²) in [5.41, 5.74) is 6.32. The summed E-state index contributed by atoms with van der Waals surface area (Å²) >= 11 is 0. The van der Waals surface area contributed by atoms with Gasteiger partial charge < -0.3 is 20.7 Å².